The monoisotopic (exact) mass is 645 g/mol. The lowest BCUT2D eigenvalue weighted by atomic mass is 10.0. The van der Waals surface area contributed by atoms with Gasteiger partial charge in [-0.25, -0.2) is 19.9 Å². The summed E-state index contributed by atoms with van der Waals surface area (Å²) < 4.78 is 10.7. The number of aromatic nitrogens is 6. The van der Waals surface area contributed by atoms with E-state index in [9.17, 15) is 0 Å². The van der Waals surface area contributed by atoms with E-state index in [-0.39, 0.29) is 0 Å². The fraction of sp³-hybridized carbons (Fsp3) is 0. The van der Waals surface area contributed by atoms with E-state index in [1.807, 2.05) is 109 Å². The number of nitrogens with zero attached hydrogens (tertiary/aromatic N) is 7. The van der Waals surface area contributed by atoms with Crippen molar-refractivity contribution in [2.75, 3.05) is 4.90 Å². The number of hydrogen-bond donors (Lipinski definition) is 0. The Hall–Kier alpha value is -7.06. The summed E-state index contributed by atoms with van der Waals surface area (Å²) in [5.74, 6) is 3.09. The summed E-state index contributed by atoms with van der Waals surface area (Å²) in [6.45, 7) is 0. The molecule has 0 saturated carbocycles. The van der Waals surface area contributed by atoms with Crippen LogP contribution in [0.15, 0.2) is 164 Å². The minimum atomic E-state index is 0.767. The average molecular weight is 646 g/mol. The fourth-order valence-corrected chi connectivity index (χ4v) is 6.84. The molecule has 0 bridgehead atoms. The summed E-state index contributed by atoms with van der Waals surface area (Å²) in [5, 5.41) is 0. The van der Waals surface area contributed by atoms with Gasteiger partial charge in [-0.05, 0) is 91.0 Å². The van der Waals surface area contributed by atoms with Crippen LogP contribution in [0.3, 0.4) is 0 Å². The van der Waals surface area contributed by atoms with Gasteiger partial charge in [0.05, 0.1) is 11.4 Å². The molecule has 0 spiro atoms. The lowest BCUT2D eigenvalue weighted by Gasteiger charge is -2.33. The summed E-state index contributed by atoms with van der Waals surface area (Å²) in [4.78, 5) is 22.2. The molecule has 0 fully saturated rings. The Morgan fingerprint density at radius 3 is 1.38 bits per heavy atom. The Bertz CT molecular complexity index is 2520. The van der Waals surface area contributed by atoms with Crippen LogP contribution in [0.4, 0.5) is 17.1 Å². The van der Waals surface area contributed by atoms with Crippen LogP contribution < -0.4 is 9.64 Å². The van der Waals surface area contributed by atoms with E-state index in [1.165, 1.54) is 0 Å². The largest absolute Gasteiger partial charge is 0.453 e. The maximum Gasteiger partial charge on any atom is 0.164 e. The van der Waals surface area contributed by atoms with Crippen molar-refractivity contribution in [1.29, 1.82) is 0 Å². The molecule has 8 heteroatoms. The molecule has 0 amide bonds. The van der Waals surface area contributed by atoms with Crippen molar-refractivity contribution in [3.63, 3.8) is 0 Å². The molecule has 1 aliphatic rings. The highest BCUT2D eigenvalue weighted by Gasteiger charge is 2.28. The van der Waals surface area contributed by atoms with Crippen LogP contribution in [-0.4, -0.2) is 29.1 Å². The molecule has 5 heterocycles. The van der Waals surface area contributed by atoms with E-state index in [1.54, 1.807) is 0 Å². The average Bonchev–Trinajstić information content (AvgIpc) is 3.77. The van der Waals surface area contributed by atoms with E-state index in [0.29, 0.717) is 0 Å². The molecular formula is C42H27N7O. The number of benzene rings is 5. The molecule has 10 rings (SSSR count). The van der Waals surface area contributed by atoms with E-state index < -0.39 is 0 Å². The van der Waals surface area contributed by atoms with Gasteiger partial charge in [0.1, 0.15) is 22.7 Å². The summed E-state index contributed by atoms with van der Waals surface area (Å²) in [6, 6.07) is 51.2. The van der Waals surface area contributed by atoms with Crippen molar-refractivity contribution in [2.45, 2.75) is 0 Å². The molecule has 0 aliphatic carbocycles. The lowest BCUT2D eigenvalue weighted by molar-refractivity contribution is 0.477. The van der Waals surface area contributed by atoms with Gasteiger partial charge in [0.25, 0.3) is 0 Å². The SMILES string of the molecule is c1ccc(-n2c(-c3cc(-c4nc5cccnc5n4-c4ccccc4)cc(N4c5ccccc5Oc5ccccc54)c3)nc3cccnc32)cc1. The van der Waals surface area contributed by atoms with Crippen LogP contribution in [0.1, 0.15) is 0 Å². The van der Waals surface area contributed by atoms with Crippen molar-refractivity contribution < 1.29 is 4.74 Å². The fourth-order valence-electron chi connectivity index (χ4n) is 6.84. The standard InChI is InChI=1S/C42H27N7O/c1-3-13-30(14-4-1)48-39(45-33-17-11-23-43-41(33)48)28-25-29(40-46-34-18-12-24-44-42(34)49(40)31-15-5-2-6-16-31)27-32(26-28)47-35-19-7-9-21-37(35)50-38-22-10-8-20-36(38)47/h1-27H. The number of para-hydroxylation sites is 6. The summed E-state index contributed by atoms with van der Waals surface area (Å²) in [7, 11) is 0. The van der Waals surface area contributed by atoms with E-state index in [0.717, 1.165) is 85.0 Å². The van der Waals surface area contributed by atoms with Crippen molar-refractivity contribution >= 4 is 39.4 Å². The molecule has 9 aromatic rings. The first-order valence-electron chi connectivity index (χ1n) is 16.4. The molecule has 236 valence electrons. The Kier molecular flexibility index (Phi) is 6.32. The number of anilines is 3. The lowest BCUT2D eigenvalue weighted by Crippen LogP contribution is -2.16. The van der Waals surface area contributed by atoms with Gasteiger partial charge < -0.3 is 9.64 Å². The number of fused-ring (bicyclic) bond motifs is 4. The number of hydrogen-bond acceptors (Lipinski definition) is 6. The predicted octanol–water partition coefficient (Wildman–Crippen LogP) is 10.1. The van der Waals surface area contributed by atoms with Crippen LogP contribution in [0.2, 0.25) is 0 Å². The number of rotatable bonds is 5. The van der Waals surface area contributed by atoms with Gasteiger partial charge in [-0.1, -0.05) is 60.7 Å². The second kappa shape index (κ2) is 11.3. The highest BCUT2D eigenvalue weighted by Crippen LogP contribution is 2.51. The van der Waals surface area contributed by atoms with Gasteiger partial charge in [-0.2, -0.15) is 0 Å². The van der Waals surface area contributed by atoms with Crippen molar-refractivity contribution in [2.24, 2.45) is 0 Å². The third kappa shape index (κ3) is 4.47. The van der Waals surface area contributed by atoms with Gasteiger partial charge in [0.15, 0.2) is 22.8 Å². The molecule has 0 atom stereocenters. The first kappa shape index (κ1) is 28.0. The van der Waals surface area contributed by atoms with Crippen molar-refractivity contribution in [3.05, 3.63) is 164 Å². The Morgan fingerprint density at radius 2 is 0.880 bits per heavy atom. The maximum absolute atomic E-state index is 6.40. The Balaban J connectivity index is 1.30. The molecule has 0 saturated heterocycles. The molecule has 0 unspecified atom stereocenters. The summed E-state index contributed by atoms with van der Waals surface area (Å²) in [5.41, 5.74) is 9.73. The third-order valence-corrected chi connectivity index (χ3v) is 8.99. The first-order chi connectivity index (χ1) is 24.8. The van der Waals surface area contributed by atoms with Gasteiger partial charge in [0, 0.05) is 40.6 Å². The minimum Gasteiger partial charge on any atom is -0.453 e. The second-order valence-electron chi connectivity index (χ2n) is 12.0. The molecule has 50 heavy (non-hydrogen) atoms. The Morgan fingerprint density at radius 1 is 0.420 bits per heavy atom. The number of pyridine rings is 2. The van der Waals surface area contributed by atoms with Gasteiger partial charge in [-0.15, -0.1) is 0 Å². The number of ether oxygens (including phenoxy) is 1. The molecule has 8 nitrogen and oxygen atoms in total. The zero-order valence-electron chi connectivity index (χ0n) is 26.6. The molecule has 1 aliphatic heterocycles. The van der Waals surface area contributed by atoms with Gasteiger partial charge in [0.2, 0.25) is 0 Å². The van der Waals surface area contributed by atoms with Crippen LogP contribution in [0, 0.1) is 0 Å². The smallest absolute Gasteiger partial charge is 0.164 e. The molecule has 0 radical (unpaired) electrons. The van der Waals surface area contributed by atoms with Crippen LogP contribution in [0.25, 0.3) is 56.5 Å². The zero-order chi connectivity index (χ0) is 33.0. The van der Waals surface area contributed by atoms with Gasteiger partial charge >= 0.3 is 0 Å². The normalized spacial score (nSPS) is 12.1. The van der Waals surface area contributed by atoms with Crippen LogP contribution in [-0.2, 0) is 0 Å². The highest BCUT2D eigenvalue weighted by atomic mass is 16.5. The molecular weight excluding hydrogens is 619 g/mol. The number of imidazole rings is 2. The van der Waals surface area contributed by atoms with Crippen LogP contribution >= 0.6 is 0 Å². The van der Waals surface area contributed by atoms with Crippen molar-refractivity contribution in [1.82, 2.24) is 29.1 Å². The second-order valence-corrected chi connectivity index (χ2v) is 12.0. The van der Waals surface area contributed by atoms with E-state index in [2.05, 4.69) is 68.6 Å². The maximum atomic E-state index is 6.40. The van der Waals surface area contributed by atoms with Gasteiger partial charge in [-0.3, -0.25) is 9.13 Å². The van der Waals surface area contributed by atoms with E-state index in [4.69, 9.17) is 24.7 Å². The van der Waals surface area contributed by atoms with Crippen molar-refractivity contribution in [3.8, 4) is 45.6 Å². The molecule has 0 N–H and O–H groups in total. The molecule has 5 aromatic carbocycles. The third-order valence-electron chi connectivity index (χ3n) is 8.99. The van der Waals surface area contributed by atoms with Crippen LogP contribution in [0.5, 0.6) is 11.5 Å². The highest BCUT2D eigenvalue weighted by molar-refractivity contribution is 5.91. The zero-order valence-corrected chi connectivity index (χ0v) is 26.6. The molecule has 4 aromatic heterocycles. The quantitative estimate of drug-likeness (QED) is 0.185. The first-order valence-corrected chi connectivity index (χ1v) is 16.4. The minimum absolute atomic E-state index is 0.767. The topological polar surface area (TPSA) is 73.9 Å². The summed E-state index contributed by atoms with van der Waals surface area (Å²) in [6.07, 6.45) is 3.62. The Labute approximate surface area is 287 Å². The predicted molar refractivity (Wildman–Crippen MR) is 197 cm³/mol. The summed E-state index contributed by atoms with van der Waals surface area (Å²) >= 11 is 0. The van der Waals surface area contributed by atoms with E-state index >= 15 is 0 Å².